The van der Waals surface area contributed by atoms with Crippen molar-refractivity contribution >= 4 is 12.0 Å². The Morgan fingerprint density at radius 3 is 2.55 bits per heavy atom. The Morgan fingerprint density at radius 1 is 1.25 bits per heavy atom. The van der Waals surface area contributed by atoms with Crippen molar-refractivity contribution in [3.05, 3.63) is 35.9 Å². The van der Waals surface area contributed by atoms with Gasteiger partial charge < -0.3 is 15.7 Å². The fraction of sp³-hybridized carbons (Fsp3) is 0.467. The van der Waals surface area contributed by atoms with Gasteiger partial charge in [0.05, 0.1) is 0 Å². The molecule has 0 saturated carbocycles. The van der Waals surface area contributed by atoms with E-state index in [0.717, 1.165) is 24.8 Å². The second-order valence-electron chi connectivity index (χ2n) is 4.67. The number of nitrogens with one attached hydrogen (secondary N) is 2. The molecule has 5 nitrogen and oxygen atoms in total. The summed E-state index contributed by atoms with van der Waals surface area (Å²) in [4.78, 5) is 22.6. The van der Waals surface area contributed by atoms with Crippen molar-refractivity contribution < 1.29 is 14.7 Å². The topological polar surface area (TPSA) is 78.4 Å². The number of carboxylic acid groups (broad SMARTS) is 1. The highest BCUT2D eigenvalue weighted by Crippen LogP contribution is 2.01. The summed E-state index contributed by atoms with van der Waals surface area (Å²) in [6.45, 7) is 2.47. The first kappa shape index (κ1) is 16.0. The van der Waals surface area contributed by atoms with Crippen LogP contribution in [-0.4, -0.2) is 29.7 Å². The van der Waals surface area contributed by atoms with Crippen molar-refractivity contribution in [1.29, 1.82) is 0 Å². The first-order valence-electron chi connectivity index (χ1n) is 6.94. The minimum absolute atomic E-state index is 0.426. The van der Waals surface area contributed by atoms with Crippen molar-refractivity contribution in [2.24, 2.45) is 0 Å². The molecule has 2 amide bonds. The molecule has 0 fully saturated rings. The molecule has 1 rings (SSSR count). The molecule has 0 bridgehead atoms. The molecule has 3 N–H and O–H groups in total. The van der Waals surface area contributed by atoms with Gasteiger partial charge in [-0.3, -0.25) is 0 Å². The zero-order valence-electron chi connectivity index (χ0n) is 11.8. The number of unbranched alkanes of at least 4 members (excludes halogenated alkanes) is 1. The maximum atomic E-state index is 11.6. The minimum atomic E-state index is -0.989. The van der Waals surface area contributed by atoms with Crippen LogP contribution < -0.4 is 10.6 Å². The molecule has 0 aliphatic carbocycles. The third-order valence-electron chi connectivity index (χ3n) is 2.99. The molecule has 1 unspecified atom stereocenters. The van der Waals surface area contributed by atoms with Crippen LogP contribution in [0, 0.1) is 0 Å². The van der Waals surface area contributed by atoms with Gasteiger partial charge in [0.25, 0.3) is 0 Å². The van der Waals surface area contributed by atoms with Gasteiger partial charge in [0.1, 0.15) is 6.04 Å². The molecule has 0 radical (unpaired) electrons. The molecule has 0 saturated heterocycles. The third kappa shape index (κ3) is 6.22. The fourth-order valence-electron chi connectivity index (χ4n) is 1.84. The number of benzene rings is 1. The van der Waals surface area contributed by atoms with E-state index in [4.69, 9.17) is 5.11 Å². The number of aliphatic carboxylic acids is 1. The highest BCUT2D eigenvalue weighted by atomic mass is 16.4. The van der Waals surface area contributed by atoms with Crippen molar-refractivity contribution in [2.75, 3.05) is 6.54 Å². The van der Waals surface area contributed by atoms with Crippen LogP contribution >= 0.6 is 0 Å². The van der Waals surface area contributed by atoms with Crippen molar-refractivity contribution in [1.82, 2.24) is 10.6 Å². The van der Waals surface area contributed by atoms with E-state index in [-0.39, 0.29) is 0 Å². The summed E-state index contributed by atoms with van der Waals surface area (Å²) in [7, 11) is 0. The Labute approximate surface area is 119 Å². The fourth-order valence-corrected chi connectivity index (χ4v) is 1.84. The predicted molar refractivity (Wildman–Crippen MR) is 77.6 cm³/mol. The van der Waals surface area contributed by atoms with Crippen LogP contribution in [0.2, 0.25) is 0 Å². The van der Waals surface area contributed by atoms with Gasteiger partial charge in [-0.25, -0.2) is 9.59 Å². The van der Waals surface area contributed by atoms with E-state index in [9.17, 15) is 9.59 Å². The first-order valence-corrected chi connectivity index (χ1v) is 6.94. The van der Waals surface area contributed by atoms with Gasteiger partial charge >= 0.3 is 12.0 Å². The van der Waals surface area contributed by atoms with E-state index in [1.165, 1.54) is 0 Å². The maximum absolute atomic E-state index is 11.6. The van der Waals surface area contributed by atoms with E-state index in [0.29, 0.717) is 13.0 Å². The lowest BCUT2D eigenvalue weighted by Crippen LogP contribution is -2.46. The number of urea groups is 1. The zero-order chi connectivity index (χ0) is 14.8. The molecule has 1 atom stereocenters. The first-order chi connectivity index (χ1) is 9.63. The summed E-state index contributed by atoms with van der Waals surface area (Å²) >= 11 is 0. The van der Waals surface area contributed by atoms with E-state index < -0.39 is 18.0 Å². The van der Waals surface area contributed by atoms with E-state index in [1.54, 1.807) is 0 Å². The molecule has 0 aliphatic heterocycles. The molecule has 1 aromatic rings. The van der Waals surface area contributed by atoms with Crippen LogP contribution in [0.5, 0.6) is 0 Å². The van der Waals surface area contributed by atoms with Gasteiger partial charge in [0.2, 0.25) is 0 Å². The lowest BCUT2D eigenvalue weighted by Gasteiger charge is -2.14. The normalized spacial score (nSPS) is 11.7. The van der Waals surface area contributed by atoms with Gasteiger partial charge in [0, 0.05) is 6.54 Å². The van der Waals surface area contributed by atoms with Gasteiger partial charge in [0.15, 0.2) is 0 Å². The zero-order valence-corrected chi connectivity index (χ0v) is 11.8. The van der Waals surface area contributed by atoms with Gasteiger partial charge in [-0.1, -0.05) is 50.1 Å². The number of carboxylic acids is 1. The highest BCUT2D eigenvalue weighted by Gasteiger charge is 2.18. The molecular formula is C15H22N2O3. The smallest absolute Gasteiger partial charge is 0.326 e. The average Bonchev–Trinajstić information content (AvgIpc) is 2.44. The molecule has 110 valence electrons. The lowest BCUT2D eigenvalue weighted by molar-refractivity contribution is -0.139. The molecule has 1 aromatic carbocycles. The van der Waals surface area contributed by atoms with Crippen LogP contribution in [-0.2, 0) is 11.2 Å². The number of hydrogen-bond donors (Lipinski definition) is 3. The quantitative estimate of drug-likeness (QED) is 0.682. The SMILES string of the molecule is CCCCC(NC(=O)NCCc1ccccc1)C(=O)O. The number of amides is 2. The highest BCUT2D eigenvalue weighted by molar-refractivity contribution is 5.82. The van der Waals surface area contributed by atoms with Crippen molar-refractivity contribution in [2.45, 2.75) is 38.6 Å². The Kier molecular flexibility index (Phi) is 7.17. The van der Waals surface area contributed by atoms with Crippen LogP contribution in [0.15, 0.2) is 30.3 Å². The second-order valence-corrected chi connectivity index (χ2v) is 4.67. The summed E-state index contributed by atoms with van der Waals surface area (Å²) in [6.07, 6.45) is 2.86. The lowest BCUT2D eigenvalue weighted by atomic mass is 10.1. The number of hydrogen-bond acceptors (Lipinski definition) is 2. The largest absolute Gasteiger partial charge is 0.480 e. The third-order valence-corrected chi connectivity index (χ3v) is 2.99. The monoisotopic (exact) mass is 278 g/mol. The van der Waals surface area contributed by atoms with E-state index >= 15 is 0 Å². The minimum Gasteiger partial charge on any atom is -0.480 e. The average molecular weight is 278 g/mol. The summed E-state index contributed by atoms with van der Waals surface area (Å²) in [5.41, 5.74) is 1.13. The summed E-state index contributed by atoms with van der Waals surface area (Å²) in [5, 5.41) is 14.2. The maximum Gasteiger partial charge on any atom is 0.326 e. The Morgan fingerprint density at radius 2 is 1.95 bits per heavy atom. The number of rotatable bonds is 8. The Balaban J connectivity index is 2.29. The number of carbonyl (C=O) groups is 2. The molecule has 0 heterocycles. The van der Waals surface area contributed by atoms with Gasteiger partial charge in [-0.2, -0.15) is 0 Å². The van der Waals surface area contributed by atoms with Crippen molar-refractivity contribution in [3.8, 4) is 0 Å². The summed E-state index contributed by atoms with van der Waals surface area (Å²) < 4.78 is 0. The standard InChI is InChI=1S/C15H22N2O3/c1-2-3-9-13(14(18)19)17-15(20)16-11-10-12-7-5-4-6-8-12/h4-8,13H,2-3,9-11H2,1H3,(H,18,19)(H2,16,17,20). The predicted octanol–water partition coefficient (Wildman–Crippen LogP) is 2.17. The molecule has 0 aromatic heterocycles. The van der Waals surface area contributed by atoms with Gasteiger partial charge in [-0.05, 0) is 18.4 Å². The van der Waals surface area contributed by atoms with Crippen LogP contribution in [0.3, 0.4) is 0 Å². The van der Waals surface area contributed by atoms with E-state index in [2.05, 4.69) is 10.6 Å². The molecule has 0 aliphatic rings. The molecule has 0 spiro atoms. The van der Waals surface area contributed by atoms with Crippen molar-refractivity contribution in [3.63, 3.8) is 0 Å². The summed E-state index contributed by atoms with van der Waals surface area (Å²) in [6, 6.07) is 8.56. The number of carbonyl (C=O) groups excluding carboxylic acids is 1. The second kappa shape index (κ2) is 8.96. The van der Waals surface area contributed by atoms with Gasteiger partial charge in [-0.15, -0.1) is 0 Å². The molecular weight excluding hydrogens is 256 g/mol. The Bertz CT molecular complexity index is 420. The molecule has 20 heavy (non-hydrogen) atoms. The van der Waals surface area contributed by atoms with Crippen LogP contribution in [0.4, 0.5) is 4.79 Å². The Hall–Kier alpha value is -2.04. The summed E-state index contributed by atoms with van der Waals surface area (Å²) in [5.74, 6) is -0.989. The molecule has 5 heteroatoms. The van der Waals surface area contributed by atoms with E-state index in [1.807, 2.05) is 37.3 Å². The van der Waals surface area contributed by atoms with Crippen LogP contribution in [0.1, 0.15) is 31.7 Å². The van der Waals surface area contributed by atoms with Crippen LogP contribution in [0.25, 0.3) is 0 Å².